The molecule has 0 spiro atoms. The molecule has 2 heterocycles. The van der Waals surface area contributed by atoms with Crippen molar-refractivity contribution in [3.8, 4) is 11.4 Å². The molecule has 3 rings (SSSR count). The Kier molecular flexibility index (Phi) is 6.01. The molecule has 1 atom stereocenters. The van der Waals surface area contributed by atoms with Gasteiger partial charge in [-0.2, -0.15) is 0 Å². The third-order valence-corrected chi connectivity index (χ3v) is 4.65. The number of amides is 1. The predicted octanol–water partition coefficient (Wildman–Crippen LogP) is 2.58. The molecule has 1 amide bonds. The Morgan fingerprint density at radius 2 is 1.93 bits per heavy atom. The molecule has 1 N–H and O–H groups in total. The summed E-state index contributed by atoms with van der Waals surface area (Å²) in [6.07, 6.45) is 1.15. The zero-order valence-electron chi connectivity index (χ0n) is 15.7. The van der Waals surface area contributed by atoms with Gasteiger partial charge in [0, 0.05) is 33.8 Å². The highest BCUT2D eigenvalue weighted by Crippen LogP contribution is 2.22. The Bertz CT molecular complexity index is 797. The molecular weight excluding hydrogens is 347 g/mol. The molecular formula is C20H27FN4O2. The molecule has 27 heavy (non-hydrogen) atoms. The summed E-state index contributed by atoms with van der Waals surface area (Å²) < 4.78 is 14.0. The number of piperazine rings is 1. The van der Waals surface area contributed by atoms with Crippen molar-refractivity contribution in [2.45, 2.75) is 26.4 Å². The van der Waals surface area contributed by atoms with Gasteiger partial charge >= 0.3 is 0 Å². The Balaban J connectivity index is 0.00000280. The molecule has 7 heteroatoms. The minimum Gasteiger partial charge on any atom is -0.383 e. The van der Waals surface area contributed by atoms with Crippen LogP contribution >= 0.6 is 0 Å². The van der Waals surface area contributed by atoms with Crippen molar-refractivity contribution >= 4 is 11.7 Å². The molecule has 1 aliphatic rings. The second-order valence-electron chi connectivity index (χ2n) is 7.18. The van der Waals surface area contributed by atoms with Crippen LogP contribution in [0.3, 0.4) is 0 Å². The smallest absolute Gasteiger partial charge is 0.251 e. The second-order valence-corrected chi connectivity index (χ2v) is 7.18. The van der Waals surface area contributed by atoms with Crippen LogP contribution in [0.5, 0.6) is 0 Å². The third-order valence-electron chi connectivity index (χ3n) is 4.65. The van der Waals surface area contributed by atoms with E-state index < -0.39 is 6.10 Å². The fourth-order valence-electron chi connectivity index (χ4n) is 3.21. The lowest BCUT2D eigenvalue weighted by Crippen LogP contribution is -2.51. The van der Waals surface area contributed by atoms with E-state index >= 15 is 0 Å². The summed E-state index contributed by atoms with van der Waals surface area (Å²) in [5.41, 5.74) is 0.366. The highest BCUT2D eigenvalue weighted by molar-refractivity contribution is 5.81. The number of rotatable bonds is 5. The topological polar surface area (TPSA) is 69.6 Å². The van der Waals surface area contributed by atoms with Crippen LogP contribution in [-0.4, -0.2) is 58.2 Å². The second kappa shape index (κ2) is 8.43. The molecule has 0 bridgehead atoms. The van der Waals surface area contributed by atoms with Gasteiger partial charge in [-0.05, 0) is 30.5 Å². The Morgan fingerprint density at radius 1 is 1.22 bits per heavy atom. The lowest BCUT2D eigenvalue weighted by Gasteiger charge is -2.36. The summed E-state index contributed by atoms with van der Waals surface area (Å²) in [5.74, 6) is 0.750. The molecule has 1 fully saturated rings. The summed E-state index contributed by atoms with van der Waals surface area (Å²) in [6.45, 7) is 6.22. The number of benzene rings is 1. The zero-order chi connectivity index (χ0) is 19.4. The first kappa shape index (κ1) is 19.2. The van der Waals surface area contributed by atoms with E-state index in [4.69, 9.17) is 0 Å². The minimum absolute atomic E-state index is 0. The maximum absolute atomic E-state index is 14.0. The normalized spacial score (nSPS) is 15.9. The number of hydrogen-bond acceptors (Lipinski definition) is 5. The number of carbonyl (C=O) groups is 1. The van der Waals surface area contributed by atoms with Crippen LogP contribution in [0.15, 0.2) is 36.5 Å². The van der Waals surface area contributed by atoms with Crippen LogP contribution in [0.4, 0.5) is 10.2 Å². The Morgan fingerprint density at radius 3 is 2.59 bits per heavy atom. The lowest BCUT2D eigenvalue weighted by atomic mass is 10.0. The standard InChI is InChI=1S/C20H25FN4O2.H2/c1-14(2)13-17(26)20(27)25-11-9-24(10-12-25)18-7-8-22-19(23-18)15-5-3-4-6-16(15)21;/h3-8,14,17,26H,9-13H2,1-2H3;1H/t17-;/m1./s1. The van der Waals surface area contributed by atoms with Crippen LogP contribution in [-0.2, 0) is 4.79 Å². The summed E-state index contributed by atoms with van der Waals surface area (Å²) in [7, 11) is 0. The van der Waals surface area contributed by atoms with Crippen molar-refractivity contribution in [2.75, 3.05) is 31.1 Å². The summed E-state index contributed by atoms with van der Waals surface area (Å²) in [4.78, 5) is 24.8. The Hall–Kier alpha value is -2.54. The molecule has 0 saturated carbocycles. The van der Waals surface area contributed by atoms with E-state index in [-0.39, 0.29) is 19.1 Å². The van der Waals surface area contributed by atoms with Gasteiger partial charge in [0.2, 0.25) is 0 Å². The van der Waals surface area contributed by atoms with Crippen LogP contribution in [0, 0.1) is 11.7 Å². The minimum atomic E-state index is -0.941. The van der Waals surface area contributed by atoms with E-state index in [9.17, 15) is 14.3 Å². The number of hydrogen-bond donors (Lipinski definition) is 1. The van der Waals surface area contributed by atoms with Gasteiger partial charge in [0.25, 0.3) is 5.91 Å². The van der Waals surface area contributed by atoms with Gasteiger partial charge in [-0.15, -0.1) is 0 Å². The Labute approximate surface area is 160 Å². The van der Waals surface area contributed by atoms with Crippen LogP contribution < -0.4 is 4.90 Å². The van der Waals surface area contributed by atoms with Gasteiger partial charge in [-0.1, -0.05) is 26.0 Å². The van der Waals surface area contributed by atoms with Gasteiger partial charge in [0.05, 0.1) is 5.56 Å². The average Bonchev–Trinajstić information content (AvgIpc) is 2.67. The fraction of sp³-hybridized carbons (Fsp3) is 0.450. The number of halogens is 1. The van der Waals surface area contributed by atoms with Crippen molar-refractivity contribution in [1.82, 2.24) is 14.9 Å². The van der Waals surface area contributed by atoms with Crippen LogP contribution in [0.25, 0.3) is 11.4 Å². The zero-order valence-corrected chi connectivity index (χ0v) is 15.7. The summed E-state index contributed by atoms with van der Waals surface area (Å²) in [5, 5.41) is 10.1. The molecule has 0 aliphatic carbocycles. The maximum atomic E-state index is 14.0. The predicted molar refractivity (Wildman–Crippen MR) is 104 cm³/mol. The largest absolute Gasteiger partial charge is 0.383 e. The molecule has 1 saturated heterocycles. The first-order valence-electron chi connectivity index (χ1n) is 9.25. The number of nitrogens with zero attached hydrogens (tertiary/aromatic N) is 4. The SMILES string of the molecule is CC(C)C[C@@H](O)C(=O)N1CCN(c2ccnc(-c3ccccc3F)n2)CC1.[HH]. The van der Waals surface area contributed by atoms with Crippen LogP contribution in [0.2, 0.25) is 0 Å². The number of aliphatic hydroxyl groups is 1. The lowest BCUT2D eigenvalue weighted by molar-refractivity contribution is -0.141. The average molecular weight is 374 g/mol. The number of aromatic nitrogens is 2. The van der Waals surface area contributed by atoms with Crippen molar-refractivity contribution in [2.24, 2.45) is 5.92 Å². The van der Waals surface area contributed by atoms with E-state index in [1.165, 1.54) is 6.07 Å². The molecule has 1 aliphatic heterocycles. The van der Waals surface area contributed by atoms with Gasteiger partial charge in [0.15, 0.2) is 5.82 Å². The van der Waals surface area contributed by atoms with Gasteiger partial charge < -0.3 is 14.9 Å². The van der Waals surface area contributed by atoms with Gasteiger partial charge in [0.1, 0.15) is 17.7 Å². The van der Waals surface area contributed by atoms with Crippen molar-refractivity contribution in [1.29, 1.82) is 0 Å². The van der Waals surface area contributed by atoms with Crippen molar-refractivity contribution < 1.29 is 15.7 Å². The number of carbonyl (C=O) groups excluding carboxylic acids is 1. The summed E-state index contributed by atoms with van der Waals surface area (Å²) >= 11 is 0. The highest BCUT2D eigenvalue weighted by atomic mass is 19.1. The third kappa shape index (κ3) is 4.60. The summed E-state index contributed by atoms with van der Waals surface area (Å²) in [6, 6.07) is 8.21. The fourth-order valence-corrected chi connectivity index (χ4v) is 3.21. The molecule has 0 radical (unpaired) electrons. The quantitative estimate of drug-likeness (QED) is 0.871. The van der Waals surface area contributed by atoms with E-state index in [0.29, 0.717) is 49.8 Å². The molecule has 6 nitrogen and oxygen atoms in total. The van der Waals surface area contributed by atoms with E-state index in [0.717, 1.165) is 0 Å². The maximum Gasteiger partial charge on any atom is 0.251 e. The van der Waals surface area contributed by atoms with Gasteiger partial charge in [-0.3, -0.25) is 4.79 Å². The molecule has 1 aromatic carbocycles. The van der Waals surface area contributed by atoms with E-state index in [2.05, 4.69) is 9.97 Å². The van der Waals surface area contributed by atoms with E-state index in [1.54, 1.807) is 35.4 Å². The molecule has 1 aromatic heterocycles. The molecule has 0 unspecified atom stereocenters. The van der Waals surface area contributed by atoms with Crippen LogP contribution in [0.1, 0.15) is 21.7 Å². The highest BCUT2D eigenvalue weighted by Gasteiger charge is 2.27. The molecule has 146 valence electrons. The van der Waals surface area contributed by atoms with Crippen molar-refractivity contribution in [3.63, 3.8) is 0 Å². The van der Waals surface area contributed by atoms with Crippen molar-refractivity contribution in [3.05, 3.63) is 42.3 Å². The van der Waals surface area contributed by atoms with E-state index in [1.807, 2.05) is 18.7 Å². The monoisotopic (exact) mass is 374 g/mol. The number of aliphatic hydroxyl groups excluding tert-OH is 1. The first-order valence-corrected chi connectivity index (χ1v) is 9.25. The first-order chi connectivity index (χ1) is 13.0. The van der Waals surface area contributed by atoms with Gasteiger partial charge in [-0.25, -0.2) is 14.4 Å². The number of anilines is 1. The molecule has 2 aromatic rings.